The first kappa shape index (κ1) is 13.9. The third-order valence-electron chi connectivity index (χ3n) is 3.17. The SMILES string of the molecule is COC(=O)C1(C(=O)OC)N[C@@H]1c1ccc([N+](=O)[O-])cc1. The van der Waals surface area contributed by atoms with Gasteiger partial charge >= 0.3 is 11.9 Å². The van der Waals surface area contributed by atoms with E-state index >= 15 is 0 Å². The molecule has 1 aromatic rings. The first-order valence-corrected chi connectivity index (χ1v) is 5.66. The largest absolute Gasteiger partial charge is 0.467 e. The van der Waals surface area contributed by atoms with E-state index in [-0.39, 0.29) is 5.69 Å². The Morgan fingerprint density at radius 3 is 2.10 bits per heavy atom. The molecule has 0 amide bonds. The number of nitrogens with one attached hydrogen (secondary N) is 1. The lowest BCUT2D eigenvalue weighted by Crippen LogP contribution is -2.39. The second kappa shape index (κ2) is 4.89. The maximum absolute atomic E-state index is 11.8. The number of hydrogen-bond acceptors (Lipinski definition) is 7. The van der Waals surface area contributed by atoms with Crippen molar-refractivity contribution in [3.8, 4) is 0 Å². The van der Waals surface area contributed by atoms with E-state index in [1.54, 1.807) is 0 Å². The van der Waals surface area contributed by atoms with E-state index in [9.17, 15) is 19.7 Å². The summed E-state index contributed by atoms with van der Waals surface area (Å²) < 4.78 is 9.21. The molecule has 1 saturated heterocycles. The maximum Gasteiger partial charge on any atom is 0.339 e. The molecule has 0 bridgehead atoms. The zero-order chi connectivity index (χ0) is 14.9. The Kier molecular flexibility index (Phi) is 3.41. The van der Waals surface area contributed by atoms with Crippen molar-refractivity contribution in [2.24, 2.45) is 0 Å². The Morgan fingerprint density at radius 2 is 1.70 bits per heavy atom. The Hall–Kier alpha value is -2.48. The van der Waals surface area contributed by atoms with Crippen molar-refractivity contribution in [1.29, 1.82) is 0 Å². The number of rotatable bonds is 4. The summed E-state index contributed by atoms with van der Waals surface area (Å²) in [6, 6.07) is 4.93. The van der Waals surface area contributed by atoms with Gasteiger partial charge in [0.15, 0.2) is 0 Å². The molecule has 106 valence electrons. The normalized spacial score (nSPS) is 19.0. The van der Waals surface area contributed by atoms with Crippen LogP contribution in [-0.4, -0.2) is 36.6 Å². The number of methoxy groups -OCH3 is 2. The van der Waals surface area contributed by atoms with Gasteiger partial charge in [0.1, 0.15) is 0 Å². The number of carbonyl (C=O) groups is 2. The van der Waals surface area contributed by atoms with Gasteiger partial charge in [-0.1, -0.05) is 12.1 Å². The van der Waals surface area contributed by atoms with Crippen LogP contribution in [0.2, 0.25) is 0 Å². The van der Waals surface area contributed by atoms with Gasteiger partial charge in [0, 0.05) is 12.1 Å². The average Bonchev–Trinajstić information content (AvgIpc) is 3.22. The minimum Gasteiger partial charge on any atom is -0.467 e. The molecule has 0 unspecified atom stereocenters. The number of benzene rings is 1. The monoisotopic (exact) mass is 280 g/mol. The summed E-state index contributed by atoms with van der Waals surface area (Å²) in [7, 11) is 2.33. The van der Waals surface area contributed by atoms with E-state index in [1.165, 1.54) is 38.5 Å². The van der Waals surface area contributed by atoms with Crippen molar-refractivity contribution in [3.63, 3.8) is 0 Å². The lowest BCUT2D eigenvalue weighted by atomic mass is 9.99. The number of ether oxygens (including phenoxy) is 2. The van der Waals surface area contributed by atoms with E-state index in [2.05, 4.69) is 14.8 Å². The molecule has 1 atom stereocenters. The topological polar surface area (TPSA) is 118 Å². The third-order valence-corrected chi connectivity index (χ3v) is 3.17. The Balaban J connectivity index is 2.28. The molecule has 1 heterocycles. The van der Waals surface area contributed by atoms with Crippen LogP contribution < -0.4 is 5.32 Å². The molecule has 20 heavy (non-hydrogen) atoms. The number of carbonyl (C=O) groups excluding carboxylic acids is 2. The molecule has 0 radical (unpaired) electrons. The zero-order valence-electron chi connectivity index (χ0n) is 10.8. The summed E-state index contributed by atoms with van der Waals surface area (Å²) in [6.07, 6.45) is 0. The first-order valence-electron chi connectivity index (χ1n) is 5.66. The predicted octanol–water partition coefficient (Wildman–Crippen LogP) is 0.324. The fraction of sp³-hybridized carbons (Fsp3) is 0.333. The molecule has 0 saturated carbocycles. The standard InChI is InChI=1S/C12H12N2O6/c1-19-10(15)12(11(16)20-2)9(13-12)7-3-5-8(6-4-7)14(17)18/h3-6,9,13H,1-2H3/t9-/m1/s1. The van der Waals surface area contributed by atoms with Crippen LogP contribution in [0.4, 0.5) is 5.69 Å². The van der Waals surface area contributed by atoms with Crippen molar-refractivity contribution in [3.05, 3.63) is 39.9 Å². The second-order valence-corrected chi connectivity index (χ2v) is 4.22. The van der Waals surface area contributed by atoms with Gasteiger partial charge in [0.2, 0.25) is 5.54 Å². The van der Waals surface area contributed by atoms with Gasteiger partial charge in [-0.2, -0.15) is 0 Å². The van der Waals surface area contributed by atoms with Crippen molar-refractivity contribution >= 4 is 17.6 Å². The van der Waals surface area contributed by atoms with Crippen LogP contribution in [0.3, 0.4) is 0 Å². The van der Waals surface area contributed by atoms with Crippen molar-refractivity contribution in [2.75, 3.05) is 14.2 Å². The second-order valence-electron chi connectivity index (χ2n) is 4.22. The third kappa shape index (κ3) is 1.99. The summed E-state index contributed by atoms with van der Waals surface area (Å²) in [5.74, 6) is -1.51. The molecule has 2 rings (SSSR count). The van der Waals surface area contributed by atoms with Crippen molar-refractivity contribution in [1.82, 2.24) is 5.32 Å². The molecular formula is C12H12N2O6. The van der Waals surface area contributed by atoms with Gasteiger partial charge in [-0.15, -0.1) is 0 Å². The van der Waals surface area contributed by atoms with Crippen LogP contribution in [-0.2, 0) is 19.1 Å². The molecule has 1 fully saturated rings. The predicted molar refractivity (Wildman–Crippen MR) is 65.7 cm³/mol. The van der Waals surface area contributed by atoms with Gasteiger partial charge in [-0.05, 0) is 5.56 Å². The number of nitro groups is 1. The molecule has 1 aliphatic heterocycles. The minimum absolute atomic E-state index is 0.0730. The van der Waals surface area contributed by atoms with Crippen LogP contribution in [0.5, 0.6) is 0 Å². The van der Waals surface area contributed by atoms with Gasteiger partial charge < -0.3 is 9.47 Å². The molecule has 1 N–H and O–H groups in total. The Labute approximate surface area is 113 Å². The fourth-order valence-electron chi connectivity index (χ4n) is 2.07. The highest BCUT2D eigenvalue weighted by atomic mass is 16.6. The summed E-state index contributed by atoms with van der Waals surface area (Å²) in [5, 5.41) is 13.3. The quantitative estimate of drug-likeness (QED) is 0.277. The summed E-state index contributed by atoms with van der Waals surface area (Å²) in [5.41, 5.74) is -1.08. The smallest absolute Gasteiger partial charge is 0.339 e. The Bertz CT molecular complexity index is 552. The molecule has 0 spiro atoms. The van der Waals surface area contributed by atoms with Crippen LogP contribution in [0.1, 0.15) is 11.6 Å². The van der Waals surface area contributed by atoms with Crippen LogP contribution in [0.25, 0.3) is 0 Å². The van der Waals surface area contributed by atoms with E-state index in [1.807, 2.05) is 0 Å². The van der Waals surface area contributed by atoms with E-state index in [0.29, 0.717) is 5.56 Å². The number of esters is 2. The van der Waals surface area contributed by atoms with Crippen molar-refractivity contribution < 1.29 is 24.0 Å². The Morgan fingerprint density at radius 1 is 1.20 bits per heavy atom. The molecule has 8 nitrogen and oxygen atoms in total. The fourth-order valence-corrected chi connectivity index (χ4v) is 2.07. The lowest BCUT2D eigenvalue weighted by Gasteiger charge is -2.10. The van der Waals surface area contributed by atoms with E-state index in [0.717, 1.165) is 0 Å². The number of non-ortho nitro benzene ring substituents is 1. The zero-order valence-corrected chi connectivity index (χ0v) is 10.8. The van der Waals surface area contributed by atoms with E-state index < -0.39 is 28.4 Å². The lowest BCUT2D eigenvalue weighted by molar-refractivity contribution is -0.384. The number of nitro benzene ring substituents is 1. The number of hydrogen-bond donors (Lipinski definition) is 1. The van der Waals surface area contributed by atoms with Crippen LogP contribution >= 0.6 is 0 Å². The minimum atomic E-state index is -1.57. The molecule has 0 aliphatic carbocycles. The summed E-state index contributed by atoms with van der Waals surface area (Å²) in [6.45, 7) is 0. The summed E-state index contributed by atoms with van der Waals surface area (Å²) in [4.78, 5) is 33.6. The molecular weight excluding hydrogens is 268 g/mol. The highest BCUT2D eigenvalue weighted by Gasteiger charge is 2.68. The molecule has 1 aromatic carbocycles. The van der Waals surface area contributed by atoms with E-state index in [4.69, 9.17) is 0 Å². The average molecular weight is 280 g/mol. The van der Waals surface area contributed by atoms with Gasteiger partial charge in [0.05, 0.1) is 25.2 Å². The van der Waals surface area contributed by atoms with Gasteiger partial charge in [-0.3, -0.25) is 15.4 Å². The highest BCUT2D eigenvalue weighted by Crippen LogP contribution is 2.43. The van der Waals surface area contributed by atoms with Crippen molar-refractivity contribution in [2.45, 2.75) is 11.6 Å². The molecule has 8 heteroatoms. The maximum atomic E-state index is 11.8. The van der Waals surface area contributed by atoms with Gasteiger partial charge in [-0.25, -0.2) is 9.59 Å². The van der Waals surface area contributed by atoms with Crippen LogP contribution in [0, 0.1) is 10.1 Å². The van der Waals surface area contributed by atoms with Crippen LogP contribution in [0.15, 0.2) is 24.3 Å². The number of nitrogens with zero attached hydrogens (tertiary/aromatic N) is 1. The molecule has 0 aromatic heterocycles. The van der Waals surface area contributed by atoms with Gasteiger partial charge in [0.25, 0.3) is 5.69 Å². The highest BCUT2D eigenvalue weighted by molar-refractivity contribution is 6.10. The molecule has 1 aliphatic rings. The summed E-state index contributed by atoms with van der Waals surface area (Å²) >= 11 is 0. The first-order chi connectivity index (χ1) is 9.47.